The maximum absolute atomic E-state index is 13.7. The summed E-state index contributed by atoms with van der Waals surface area (Å²) in [5.74, 6) is -1.72. The lowest BCUT2D eigenvalue weighted by atomic mass is 9.85. The number of nitrogens with zero attached hydrogens (tertiary/aromatic N) is 2. The molecule has 0 aliphatic heterocycles. The first kappa shape index (κ1) is 32.4. The van der Waals surface area contributed by atoms with Crippen molar-refractivity contribution in [2.24, 2.45) is 0 Å². The standard InChI is InChI=1S/C38H42N4O4/c1-6-42(7-2)29-15-16-33(41-36(44)26-19-27(37(45)46)21-28(20-26)38(3,4)5)31(23-29)34-22-25(17-18-39-34)35(43)40-32-14-10-12-24-11-8-9-13-30(24)32/h8-9,11,13,15-23,32H,6-7,10,12,14H2,1-5H3,(H,40,43)(H,41,44)(H,45,46). The van der Waals surface area contributed by atoms with Gasteiger partial charge in [0.2, 0.25) is 0 Å². The molecule has 4 aromatic rings. The molecule has 3 aromatic carbocycles. The van der Waals surface area contributed by atoms with Crippen LogP contribution in [0.25, 0.3) is 11.3 Å². The first-order valence-corrected chi connectivity index (χ1v) is 15.9. The van der Waals surface area contributed by atoms with Gasteiger partial charge < -0.3 is 20.6 Å². The molecule has 0 saturated carbocycles. The van der Waals surface area contributed by atoms with Crippen LogP contribution in [-0.2, 0) is 11.8 Å². The summed E-state index contributed by atoms with van der Waals surface area (Å²) in [6, 6.07) is 22.1. The Labute approximate surface area is 270 Å². The molecule has 1 atom stereocenters. The number of benzene rings is 3. The van der Waals surface area contributed by atoms with Crippen molar-refractivity contribution >= 4 is 29.2 Å². The van der Waals surface area contributed by atoms with Gasteiger partial charge in [-0.15, -0.1) is 0 Å². The number of pyridine rings is 1. The molecular formula is C38H42N4O4. The van der Waals surface area contributed by atoms with E-state index in [1.165, 1.54) is 11.6 Å². The Bertz CT molecular complexity index is 1770. The number of amides is 2. The predicted molar refractivity (Wildman–Crippen MR) is 183 cm³/mol. The van der Waals surface area contributed by atoms with Crippen LogP contribution in [0.1, 0.15) is 101 Å². The topological polar surface area (TPSA) is 112 Å². The van der Waals surface area contributed by atoms with Crippen LogP contribution < -0.4 is 15.5 Å². The van der Waals surface area contributed by atoms with E-state index in [1.807, 2.05) is 51.1 Å². The van der Waals surface area contributed by atoms with E-state index < -0.39 is 11.9 Å². The highest BCUT2D eigenvalue weighted by Gasteiger charge is 2.24. The molecule has 0 bridgehead atoms. The van der Waals surface area contributed by atoms with Crippen LogP contribution in [0.5, 0.6) is 0 Å². The first-order valence-electron chi connectivity index (χ1n) is 15.9. The van der Waals surface area contributed by atoms with Gasteiger partial charge in [0, 0.05) is 41.7 Å². The Morgan fingerprint density at radius 3 is 2.35 bits per heavy atom. The largest absolute Gasteiger partial charge is 0.478 e. The van der Waals surface area contributed by atoms with E-state index in [2.05, 4.69) is 46.5 Å². The van der Waals surface area contributed by atoms with Gasteiger partial charge >= 0.3 is 5.97 Å². The summed E-state index contributed by atoms with van der Waals surface area (Å²) in [4.78, 5) is 46.0. The fraction of sp³-hybridized carbons (Fsp3) is 0.316. The maximum Gasteiger partial charge on any atom is 0.335 e. The zero-order chi connectivity index (χ0) is 33.0. The number of aromatic carboxylic acids is 1. The van der Waals surface area contributed by atoms with Crippen LogP contribution in [-0.4, -0.2) is 41.0 Å². The van der Waals surface area contributed by atoms with Crippen LogP contribution in [0, 0.1) is 0 Å². The molecule has 1 unspecified atom stereocenters. The Hall–Kier alpha value is -4.98. The summed E-state index contributed by atoms with van der Waals surface area (Å²) in [7, 11) is 0. The highest BCUT2D eigenvalue weighted by molar-refractivity contribution is 6.08. The van der Waals surface area contributed by atoms with Crippen LogP contribution in [0.3, 0.4) is 0 Å². The molecular weight excluding hydrogens is 576 g/mol. The van der Waals surface area contributed by atoms with Gasteiger partial charge in [0.1, 0.15) is 0 Å². The molecule has 1 aliphatic carbocycles. The normalized spacial score (nSPS) is 14.2. The monoisotopic (exact) mass is 618 g/mol. The lowest BCUT2D eigenvalue weighted by Crippen LogP contribution is -2.31. The number of carbonyl (C=O) groups is 3. The Balaban J connectivity index is 1.50. The molecule has 1 aromatic heterocycles. The maximum atomic E-state index is 13.7. The lowest BCUT2D eigenvalue weighted by Gasteiger charge is -2.26. The van der Waals surface area contributed by atoms with Crippen molar-refractivity contribution in [1.82, 2.24) is 10.3 Å². The molecule has 0 spiro atoms. The fourth-order valence-electron chi connectivity index (χ4n) is 6.01. The first-order chi connectivity index (χ1) is 22.0. The number of nitrogens with one attached hydrogen (secondary N) is 2. The average molecular weight is 619 g/mol. The molecule has 0 saturated heterocycles. The summed E-state index contributed by atoms with van der Waals surface area (Å²) < 4.78 is 0. The second-order valence-corrected chi connectivity index (χ2v) is 12.8. The SMILES string of the molecule is CCN(CC)c1ccc(NC(=O)c2cc(C(=O)O)cc(C(C)(C)C)c2)c(-c2cc(C(=O)NC3CCCc4ccccc43)ccn2)c1. The van der Waals surface area contributed by atoms with Gasteiger partial charge in [-0.3, -0.25) is 14.6 Å². The van der Waals surface area contributed by atoms with E-state index in [1.54, 1.807) is 30.5 Å². The van der Waals surface area contributed by atoms with Crippen molar-refractivity contribution in [2.45, 2.75) is 65.3 Å². The minimum atomic E-state index is -1.10. The number of rotatable bonds is 9. The van der Waals surface area contributed by atoms with Crippen molar-refractivity contribution in [2.75, 3.05) is 23.3 Å². The van der Waals surface area contributed by atoms with Crippen molar-refractivity contribution < 1.29 is 19.5 Å². The van der Waals surface area contributed by atoms with Gasteiger partial charge in [-0.2, -0.15) is 0 Å². The molecule has 8 heteroatoms. The number of hydrogen-bond acceptors (Lipinski definition) is 5. The van der Waals surface area contributed by atoms with Crippen LogP contribution >= 0.6 is 0 Å². The Morgan fingerprint density at radius 1 is 0.891 bits per heavy atom. The van der Waals surface area contributed by atoms with Gasteiger partial charge in [0.05, 0.1) is 23.0 Å². The fourth-order valence-corrected chi connectivity index (χ4v) is 6.01. The van der Waals surface area contributed by atoms with Crippen LogP contribution in [0.4, 0.5) is 11.4 Å². The smallest absolute Gasteiger partial charge is 0.335 e. The van der Waals surface area contributed by atoms with Gasteiger partial charge in [-0.05, 0) is 104 Å². The van der Waals surface area contributed by atoms with Crippen LogP contribution in [0.15, 0.2) is 79.0 Å². The van der Waals surface area contributed by atoms with E-state index in [-0.39, 0.29) is 28.5 Å². The molecule has 5 rings (SSSR count). The molecule has 0 radical (unpaired) electrons. The molecule has 238 valence electrons. The molecule has 0 fully saturated rings. The third-order valence-corrected chi connectivity index (χ3v) is 8.66. The average Bonchev–Trinajstić information content (AvgIpc) is 3.05. The zero-order valence-electron chi connectivity index (χ0n) is 27.2. The third kappa shape index (κ3) is 7.12. The minimum Gasteiger partial charge on any atom is -0.478 e. The molecule has 1 aliphatic rings. The number of aromatic nitrogens is 1. The quantitative estimate of drug-likeness (QED) is 0.178. The minimum absolute atomic E-state index is 0.0515. The number of aryl methyl sites for hydroxylation is 1. The molecule has 2 amide bonds. The van der Waals surface area contributed by atoms with E-state index in [0.29, 0.717) is 22.5 Å². The Morgan fingerprint density at radius 2 is 1.63 bits per heavy atom. The summed E-state index contributed by atoms with van der Waals surface area (Å²) in [5, 5.41) is 16.0. The summed E-state index contributed by atoms with van der Waals surface area (Å²) >= 11 is 0. The van der Waals surface area contributed by atoms with Crippen LogP contribution in [0.2, 0.25) is 0 Å². The van der Waals surface area contributed by atoms with E-state index in [0.717, 1.165) is 49.2 Å². The number of carbonyl (C=O) groups excluding carboxylic acids is 2. The molecule has 1 heterocycles. The lowest BCUT2D eigenvalue weighted by molar-refractivity contribution is 0.0696. The summed E-state index contributed by atoms with van der Waals surface area (Å²) in [6.07, 6.45) is 4.51. The number of anilines is 2. The van der Waals surface area contributed by atoms with Gasteiger partial charge in [0.15, 0.2) is 0 Å². The van der Waals surface area contributed by atoms with Crippen molar-refractivity contribution in [3.63, 3.8) is 0 Å². The molecule has 46 heavy (non-hydrogen) atoms. The zero-order valence-corrected chi connectivity index (χ0v) is 27.2. The predicted octanol–water partition coefficient (Wildman–Crippen LogP) is 7.65. The molecule has 8 nitrogen and oxygen atoms in total. The van der Waals surface area contributed by atoms with Gasteiger partial charge in [-0.1, -0.05) is 45.0 Å². The number of carboxylic acid groups (broad SMARTS) is 1. The van der Waals surface area contributed by atoms with E-state index >= 15 is 0 Å². The number of carboxylic acids is 1. The van der Waals surface area contributed by atoms with Crippen molar-refractivity contribution in [3.05, 3.63) is 112 Å². The van der Waals surface area contributed by atoms with Crippen molar-refractivity contribution in [3.8, 4) is 11.3 Å². The third-order valence-electron chi connectivity index (χ3n) is 8.66. The molecule has 3 N–H and O–H groups in total. The number of fused-ring (bicyclic) bond motifs is 1. The summed E-state index contributed by atoms with van der Waals surface area (Å²) in [6.45, 7) is 11.7. The Kier molecular flexibility index (Phi) is 9.56. The van der Waals surface area contributed by atoms with Gasteiger partial charge in [-0.25, -0.2) is 4.79 Å². The van der Waals surface area contributed by atoms with E-state index in [4.69, 9.17) is 0 Å². The number of hydrogen-bond donors (Lipinski definition) is 3. The summed E-state index contributed by atoms with van der Waals surface area (Å²) in [5.41, 5.74) is 6.24. The highest BCUT2D eigenvalue weighted by Crippen LogP contribution is 2.34. The highest BCUT2D eigenvalue weighted by atomic mass is 16.4. The second-order valence-electron chi connectivity index (χ2n) is 12.8. The van der Waals surface area contributed by atoms with Crippen molar-refractivity contribution in [1.29, 1.82) is 0 Å². The second kappa shape index (κ2) is 13.6. The van der Waals surface area contributed by atoms with Gasteiger partial charge in [0.25, 0.3) is 11.8 Å². The van der Waals surface area contributed by atoms with E-state index in [9.17, 15) is 19.5 Å².